The Balaban J connectivity index is 2.64. The Morgan fingerprint density at radius 2 is 1.96 bits per heavy atom. The maximum atomic E-state index is 14.5. The topological polar surface area (TPSA) is 71.8 Å². The molecule has 1 aliphatic carbocycles. The summed E-state index contributed by atoms with van der Waals surface area (Å²) < 4.78 is 53.4. The molecule has 2 unspecified atom stereocenters. The van der Waals surface area contributed by atoms with E-state index < -0.39 is 34.7 Å². The highest BCUT2D eigenvalue weighted by atomic mass is 19.4. The normalized spacial score (nSPS) is 25.3. The fraction of sp³-hybridized carbons (Fsp3) is 0.467. The third-order valence-corrected chi connectivity index (χ3v) is 3.79. The third-order valence-electron chi connectivity index (χ3n) is 3.79. The van der Waals surface area contributed by atoms with Crippen molar-refractivity contribution in [3.63, 3.8) is 0 Å². The monoisotopic (exact) mass is 331 g/mol. The maximum Gasteiger partial charge on any atom is 0.416 e. The molecule has 23 heavy (non-hydrogen) atoms. The third kappa shape index (κ3) is 2.89. The van der Waals surface area contributed by atoms with Crippen molar-refractivity contribution in [2.24, 2.45) is 5.73 Å². The largest absolute Gasteiger partial charge is 0.416 e. The van der Waals surface area contributed by atoms with Crippen molar-refractivity contribution in [2.45, 2.75) is 43.9 Å². The van der Waals surface area contributed by atoms with Crippen LogP contribution in [0, 0.1) is 0 Å². The van der Waals surface area contributed by atoms with Crippen LogP contribution in [-0.2, 0) is 15.6 Å². The van der Waals surface area contributed by atoms with Crippen LogP contribution >= 0.6 is 0 Å². The number of aromatic nitrogens is 2. The number of amides is 1. The molecule has 2 atom stereocenters. The summed E-state index contributed by atoms with van der Waals surface area (Å²) >= 11 is 0. The predicted molar refractivity (Wildman–Crippen MR) is 76.3 cm³/mol. The summed E-state index contributed by atoms with van der Waals surface area (Å²) in [5, 5.41) is 6.45. The van der Waals surface area contributed by atoms with Crippen molar-refractivity contribution < 1.29 is 22.4 Å². The number of allylic oxidation sites excluding steroid dienone is 3. The number of carbonyl (C=O) groups excluding carboxylic acids is 1. The molecule has 1 aliphatic rings. The molecule has 1 aromatic rings. The molecule has 0 radical (unpaired) electrons. The van der Waals surface area contributed by atoms with Crippen LogP contribution in [0.25, 0.3) is 0 Å². The first-order valence-electron chi connectivity index (χ1n) is 6.87. The molecule has 4 nitrogen and oxygen atoms in total. The van der Waals surface area contributed by atoms with Gasteiger partial charge in [-0.25, -0.2) is 4.39 Å². The van der Waals surface area contributed by atoms with Gasteiger partial charge in [0.2, 0.25) is 5.91 Å². The summed E-state index contributed by atoms with van der Waals surface area (Å²) in [5.41, 5.74) is 1.83. The standard InChI is InChI=1S/C15H17F4N3O/c1-13(2,3)10-6-11(22-21-10)14(12(20)23)7-8(15(17,18)19)4-5-9(14)16/h4-7,9H,1-3H3,(H2,20,23)(H,21,22). The number of nitrogens with zero attached hydrogens (tertiary/aromatic N) is 1. The first-order chi connectivity index (χ1) is 10.4. The molecule has 2 rings (SSSR count). The van der Waals surface area contributed by atoms with Crippen molar-refractivity contribution in [2.75, 3.05) is 0 Å². The van der Waals surface area contributed by atoms with E-state index in [1.54, 1.807) is 0 Å². The van der Waals surface area contributed by atoms with Gasteiger partial charge in [0.05, 0.1) is 17.0 Å². The average Bonchev–Trinajstić information content (AvgIpc) is 2.87. The van der Waals surface area contributed by atoms with Crippen LogP contribution in [0.2, 0.25) is 0 Å². The zero-order valence-corrected chi connectivity index (χ0v) is 12.8. The number of nitrogens with one attached hydrogen (secondary N) is 1. The number of alkyl halides is 4. The van der Waals surface area contributed by atoms with Crippen LogP contribution in [0.4, 0.5) is 17.6 Å². The maximum absolute atomic E-state index is 14.5. The van der Waals surface area contributed by atoms with E-state index in [0.717, 1.165) is 0 Å². The summed E-state index contributed by atoms with van der Waals surface area (Å²) in [6, 6.07) is 1.38. The van der Waals surface area contributed by atoms with E-state index in [9.17, 15) is 22.4 Å². The number of aromatic amines is 1. The average molecular weight is 331 g/mol. The molecule has 0 bridgehead atoms. The Morgan fingerprint density at radius 1 is 1.35 bits per heavy atom. The molecule has 1 heterocycles. The molecule has 1 amide bonds. The fourth-order valence-electron chi connectivity index (χ4n) is 2.37. The minimum Gasteiger partial charge on any atom is -0.368 e. The van der Waals surface area contributed by atoms with Crippen LogP contribution in [0.5, 0.6) is 0 Å². The number of halogens is 4. The second-order valence-corrected chi connectivity index (χ2v) is 6.51. The zero-order chi connectivity index (χ0) is 17.6. The van der Waals surface area contributed by atoms with Crippen LogP contribution in [0.1, 0.15) is 32.2 Å². The number of primary amides is 1. The van der Waals surface area contributed by atoms with Gasteiger partial charge in [-0.15, -0.1) is 0 Å². The molecule has 126 valence electrons. The van der Waals surface area contributed by atoms with Crippen molar-refractivity contribution in [1.29, 1.82) is 0 Å². The summed E-state index contributed by atoms with van der Waals surface area (Å²) in [4.78, 5) is 11.9. The number of H-pyrrole nitrogens is 1. The Labute approximate surface area is 130 Å². The second kappa shape index (κ2) is 5.21. The van der Waals surface area contributed by atoms with E-state index in [4.69, 9.17) is 5.73 Å². The molecule has 0 aliphatic heterocycles. The quantitative estimate of drug-likeness (QED) is 0.818. The number of rotatable bonds is 2. The lowest BCUT2D eigenvalue weighted by Crippen LogP contribution is -2.48. The van der Waals surface area contributed by atoms with Crippen LogP contribution in [0.15, 0.2) is 29.9 Å². The van der Waals surface area contributed by atoms with Crippen molar-refractivity contribution in [3.05, 3.63) is 41.3 Å². The van der Waals surface area contributed by atoms with Gasteiger partial charge in [0.25, 0.3) is 0 Å². The van der Waals surface area contributed by atoms with E-state index in [-0.39, 0.29) is 5.69 Å². The van der Waals surface area contributed by atoms with Gasteiger partial charge < -0.3 is 5.73 Å². The van der Waals surface area contributed by atoms with Gasteiger partial charge in [-0.1, -0.05) is 26.8 Å². The lowest BCUT2D eigenvalue weighted by atomic mass is 9.74. The molecular weight excluding hydrogens is 314 g/mol. The van der Waals surface area contributed by atoms with Gasteiger partial charge in [0, 0.05) is 5.41 Å². The highest BCUT2D eigenvalue weighted by molar-refractivity contribution is 5.90. The lowest BCUT2D eigenvalue weighted by Gasteiger charge is -2.31. The van der Waals surface area contributed by atoms with Gasteiger partial charge >= 0.3 is 6.18 Å². The summed E-state index contributed by atoms with van der Waals surface area (Å²) in [7, 11) is 0. The van der Waals surface area contributed by atoms with Gasteiger partial charge in [-0.05, 0) is 18.2 Å². The number of nitrogens with two attached hydrogens (primary N) is 1. The first kappa shape index (κ1) is 17.2. The van der Waals surface area contributed by atoms with Gasteiger partial charge in [-0.2, -0.15) is 18.3 Å². The number of carbonyl (C=O) groups is 1. The summed E-state index contributed by atoms with van der Waals surface area (Å²) in [5.74, 6) is -1.22. The van der Waals surface area contributed by atoms with E-state index in [0.29, 0.717) is 23.9 Å². The minimum atomic E-state index is -4.72. The van der Waals surface area contributed by atoms with E-state index in [1.807, 2.05) is 20.8 Å². The Bertz CT molecular complexity index is 682. The van der Waals surface area contributed by atoms with E-state index >= 15 is 0 Å². The van der Waals surface area contributed by atoms with Crippen LogP contribution in [-0.4, -0.2) is 28.5 Å². The minimum absolute atomic E-state index is 0.103. The van der Waals surface area contributed by atoms with E-state index in [2.05, 4.69) is 10.2 Å². The number of hydrogen-bond donors (Lipinski definition) is 2. The molecule has 1 aromatic heterocycles. The molecule has 8 heteroatoms. The number of hydrogen-bond acceptors (Lipinski definition) is 2. The molecule has 0 spiro atoms. The smallest absolute Gasteiger partial charge is 0.368 e. The van der Waals surface area contributed by atoms with Crippen molar-refractivity contribution in [3.8, 4) is 0 Å². The highest BCUT2D eigenvalue weighted by Gasteiger charge is 2.50. The molecular formula is C15H17F4N3O. The molecule has 0 saturated heterocycles. The Morgan fingerprint density at radius 3 is 2.39 bits per heavy atom. The van der Waals surface area contributed by atoms with Crippen molar-refractivity contribution in [1.82, 2.24) is 10.2 Å². The molecule has 0 saturated carbocycles. The van der Waals surface area contributed by atoms with Gasteiger partial charge in [-0.3, -0.25) is 9.89 Å². The molecule has 0 aromatic carbocycles. The highest BCUT2D eigenvalue weighted by Crippen LogP contribution is 2.41. The molecule has 0 fully saturated rings. The van der Waals surface area contributed by atoms with Gasteiger partial charge in [0.1, 0.15) is 11.6 Å². The zero-order valence-electron chi connectivity index (χ0n) is 12.8. The van der Waals surface area contributed by atoms with Crippen LogP contribution < -0.4 is 5.73 Å². The molecule has 3 N–H and O–H groups in total. The van der Waals surface area contributed by atoms with E-state index in [1.165, 1.54) is 6.07 Å². The Hall–Kier alpha value is -2.12. The first-order valence-corrected chi connectivity index (χ1v) is 6.87. The summed E-state index contributed by atoms with van der Waals surface area (Å²) in [6.07, 6.45) is -4.93. The lowest BCUT2D eigenvalue weighted by molar-refractivity contribution is -0.123. The van der Waals surface area contributed by atoms with Crippen LogP contribution in [0.3, 0.4) is 0 Å². The Kier molecular flexibility index (Phi) is 3.90. The predicted octanol–water partition coefficient (Wildman–Crippen LogP) is 2.83. The fourth-order valence-corrected chi connectivity index (χ4v) is 2.37. The SMILES string of the molecule is CC(C)(C)c1cc(C2(C(N)=O)C=C(C(F)(F)F)C=CC2F)[nH]n1. The second-order valence-electron chi connectivity index (χ2n) is 6.51. The van der Waals surface area contributed by atoms with Crippen molar-refractivity contribution >= 4 is 5.91 Å². The summed E-state index contributed by atoms with van der Waals surface area (Å²) in [6.45, 7) is 5.48. The van der Waals surface area contributed by atoms with Gasteiger partial charge in [0.15, 0.2) is 0 Å².